The van der Waals surface area contributed by atoms with E-state index in [0.29, 0.717) is 22.6 Å². The first-order valence-corrected chi connectivity index (χ1v) is 8.77. The highest BCUT2D eigenvalue weighted by atomic mass is 16.5. The SMILES string of the molecule is Cc1ccc(O[C@H](C)C(=O)Nc2ccccc2C(=O)c2ccccc2)cc1. The second-order valence-electron chi connectivity index (χ2n) is 6.30. The zero-order valence-corrected chi connectivity index (χ0v) is 15.3. The average Bonchev–Trinajstić information content (AvgIpc) is 2.70. The summed E-state index contributed by atoms with van der Waals surface area (Å²) in [6.45, 7) is 3.66. The lowest BCUT2D eigenvalue weighted by molar-refractivity contribution is -0.122. The molecule has 136 valence electrons. The quantitative estimate of drug-likeness (QED) is 0.653. The molecule has 0 fully saturated rings. The number of anilines is 1. The topological polar surface area (TPSA) is 55.4 Å². The number of nitrogens with one attached hydrogen (secondary N) is 1. The highest BCUT2D eigenvalue weighted by Crippen LogP contribution is 2.20. The Bertz CT molecular complexity index is 933. The van der Waals surface area contributed by atoms with Gasteiger partial charge < -0.3 is 10.1 Å². The first-order chi connectivity index (χ1) is 13.0. The van der Waals surface area contributed by atoms with E-state index in [2.05, 4.69) is 5.32 Å². The van der Waals surface area contributed by atoms with E-state index in [1.807, 2.05) is 49.4 Å². The van der Waals surface area contributed by atoms with Gasteiger partial charge in [-0.3, -0.25) is 9.59 Å². The molecule has 27 heavy (non-hydrogen) atoms. The molecule has 0 radical (unpaired) electrons. The van der Waals surface area contributed by atoms with E-state index < -0.39 is 6.10 Å². The van der Waals surface area contributed by atoms with E-state index in [0.717, 1.165) is 5.56 Å². The fraction of sp³-hybridized carbons (Fsp3) is 0.130. The zero-order chi connectivity index (χ0) is 19.2. The Labute approximate surface area is 158 Å². The van der Waals surface area contributed by atoms with Crippen LogP contribution in [0.4, 0.5) is 5.69 Å². The Balaban J connectivity index is 1.74. The summed E-state index contributed by atoms with van der Waals surface area (Å²) in [5.41, 5.74) is 2.60. The maximum atomic E-state index is 12.8. The van der Waals surface area contributed by atoms with Crippen LogP contribution in [0.25, 0.3) is 0 Å². The number of para-hydroxylation sites is 1. The van der Waals surface area contributed by atoms with E-state index in [-0.39, 0.29) is 11.7 Å². The molecule has 0 unspecified atom stereocenters. The van der Waals surface area contributed by atoms with Gasteiger partial charge in [0.1, 0.15) is 5.75 Å². The number of ether oxygens (including phenoxy) is 1. The zero-order valence-electron chi connectivity index (χ0n) is 15.3. The maximum absolute atomic E-state index is 12.8. The average molecular weight is 359 g/mol. The molecule has 0 saturated heterocycles. The Morgan fingerprint density at radius 3 is 2.19 bits per heavy atom. The molecule has 1 N–H and O–H groups in total. The molecule has 0 bridgehead atoms. The molecule has 4 heteroatoms. The lowest BCUT2D eigenvalue weighted by atomic mass is 10.0. The molecule has 1 amide bonds. The van der Waals surface area contributed by atoms with Crippen LogP contribution in [0.15, 0.2) is 78.9 Å². The largest absolute Gasteiger partial charge is 0.481 e. The molecule has 0 aromatic heterocycles. The number of amides is 1. The van der Waals surface area contributed by atoms with Crippen LogP contribution in [0.1, 0.15) is 28.4 Å². The van der Waals surface area contributed by atoms with Crippen molar-refractivity contribution in [2.75, 3.05) is 5.32 Å². The number of aryl methyl sites for hydroxylation is 1. The standard InChI is InChI=1S/C23H21NO3/c1-16-12-14-19(15-13-16)27-17(2)23(26)24-21-11-7-6-10-20(21)22(25)18-8-4-3-5-9-18/h3-15,17H,1-2H3,(H,24,26)/t17-/m1/s1. The molecule has 3 rings (SSSR count). The van der Waals surface area contributed by atoms with Gasteiger partial charge in [-0.25, -0.2) is 0 Å². The van der Waals surface area contributed by atoms with Crippen molar-refractivity contribution in [2.24, 2.45) is 0 Å². The molecule has 0 heterocycles. The summed E-state index contributed by atoms with van der Waals surface area (Å²) >= 11 is 0. The third-order valence-corrected chi connectivity index (χ3v) is 4.17. The molecule has 0 aliphatic carbocycles. The summed E-state index contributed by atoms with van der Waals surface area (Å²) < 4.78 is 5.69. The highest BCUT2D eigenvalue weighted by molar-refractivity contribution is 6.14. The third-order valence-electron chi connectivity index (χ3n) is 4.17. The van der Waals surface area contributed by atoms with E-state index in [1.165, 1.54) is 0 Å². The Hall–Kier alpha value is -3.40. The lowest BCUT2D eigenvalue weighted by Crippen LogP contribution is -2.30. The first kappa shape index (κ1) is 18.4. The van der Waals surface area contributed by atoms with Crippen LogP contribution >= 0.6 is 0 Å². The fourth-order valence-corrected chi connectivity index (χ4v) is 2.64. The summed E-state index contributed by atoms with van der Waals surface area (Å²) in [4.78, 5) is 25.3. The van der Waals surface area contributed by atoms with Gasteiger partial charge in [-0.15, -0.1) is 0 Å². The van der Waals surface area contributed by atoms with Crippen LogP contribution in [0.2, 0.25) is 0 Å². The number of rotatable bonds is 6. The van der Waals surface area contributed by atoms with Crippen LogP contribution in [0.5, 0.6) is 5.75 Å². The summed E-state index contributed by atoms with van der Waals surface area (Å²) in [6.07, 6.45) is -0.701. The van der Waals surface area contributed by atoms with Crippen molar-refractivity contribution >= 4 is 17.4 Å². The Morgan fingerprint density at radius 1 is 0.852 bits per heavy atom. The normalized spacial score (nSPS) is 11.5. The highest BCUT2D eigenvalue weighted by Gasteiger charge is 2.19. The minimum Gasteiger partial charge on any atom is -0.481 e. The van der Waals surface area contributed by atoms with Crippen molar-refractivity contribution < 1.29 is 14.3 Å². The van der Waals surface area contributed by atoms with Gasteiger partial charge in [-0.05, 0) is 38.1 Å². The number of hydrogen-bond donors (Lipinski definition) is 1. The number of carbonyl (C=O) groups excluding carboxylic acids is 2. The molecule has 1 atom stereocenters. The van der Waals surface area contributed by atoms with Gasteiger partial charge in [0.05, 0.1) is 5.69 Å². The smallest absolute Gasteiger partial charge is 0.265 e. The van der Waals surface area contributed by atoms with Gasteiger partial charge in [0.25, 0.3) is 5.91 Å². The van der Waals surface area contributed by atoms with Crippen molar-refractivity contribution in [2.45, 2.75) is 20.0 Å². The van der Waals surface area contributed by atoms with E-state index in [1.54, 1.807) is 43.3 Å². The van der Waals surface area contributed by atoms with Crippen molar-refractivity contribution in [3.05, 3.63) is 95.6 Å². The molecule has 0 aliphatic rings. The fourth-order valence-electron chi connectivity index (χ4n) is 2.64. The van der Waals surface area contributed by atoms with Crippen LogP contribution in [0.3, 0.4) is 0 Å². The second kappa shape index (κ2) is 8.32. The maximum Gasteiger partial charge on any atom is 0.265 e. The van der Waals surface area contributed by atoms with Crippen molar-refractivity contribution in [3.63, 3.8) is 0 Å². The number of hydrogen-bond acceptors (Lipinski definition) is 3. The molecule has 0 aliphatic heterocycles. The van der Waals surface area contributed by atoms with Gasteiger partial charge in [0.2, 0.25) is 0 Å². The Morgan fingerprint density at radius 2 is 1.48 bits per heavy atom. The van der Waals surface area contributed by atoms with Crippen LogP contribution in [-0.4, -0.2) is 17.8 Å². The number of benzene rings is 3. The Kier molecular flexibility index (Phi) is 5.67. The first-order valence-electron chi connectivity index (χ1n) is 8.77. The number of ketones is 1. The van der Waals surface area contributed by atoms with E-state index >= 15 is 0 Å². The summed E-state index contributed by atoms with van der Waals surface area (Å²) in [7, 11) is 0. The van der Waals surface area contributed by atoms with Crippen LogP contribution < -0.4 is 10.1 Å². The minimum absolute atomic E-state index is 0.140. The van der Waals surface area contributed by atoms with Gasteiger partial charge in [-0.2, -0.15) is 0 Å². The van der Waals surface area contributed by atoms with Crippen molar-refractivity contribution in [3.8, 4) is 5.75 Å². The van der Waals surface area contributed by atoms with Gasteiger partial charge in [-0.1, -0.05) is 60.2 Å². The van der Waals surface area contributed by atoms with Gasteiger partial charge in [0, 0.05) is 11.1 Å². The molecule has 3 aromatic rings. The predicted molar refractivity (Wildman–Crippen MR) is 106 cm³/mol. The summed E-state index contributed by atoms with van der Waals surface area (Å²) in [6, 6.07) is 23.5. The van der Waals surface area contributed by atoms with E-state index in [4.69, 9.17) is 4.74 Å². The third kappa shape index (κ3) is 4.61. The lowest BCUT2D eigenvalue weighted by Gasteiger charge is -2.16. The molecule has 0 spiro atoms. The van der Waals surface area contributed by atoms with Crippen molar-refractivity contribution in [1.29, 1.82) is 0 Å². The van der Waals surface area contributed by atoms with Crippen molar-refractivity contribution in [1.82, 2.24) is 0 Å². The van der Waals surface area contributed by atoms with Crippen LogP contribution in [-0.2, 0) is 4.79 Å². The summed E-state index contributed by atoms with van der Waals surface area (Å²) in [5, 5.41) is 2.81. The minimum atomic E-state index is -0.701. The number of carbonyl (C=O) groups is 2. The van der Waals surface area contributed by atoms with Crippen LogP contribution in [0, 0.1) is 6.92 Å². The van der Waals surface area contributed by atoms with Gasteiger partial charge in [0.15, 0.2) is 11.9 Å². The molecule has 3 aromatic carbocycles. The summed E-state index contributed by atoms with van der Waals surface area (Å²) in [5.74, 6) is 0.166. The second-order valence-corrected chi connectivity index (χ2v) is 6.30. The van der Waals surface area contributed by atoms with Gasteiger partial charge >= 0.3 is 0 Å². The monoisotopic (exact) mass is 359 g/mol. The molecule has 4 nitrogen and oxygen atoms in total. The van der Waals surface area contributed by atoms with E-state index in [9.17, 15) is 9.59 Å². The molecular formula is C23H21NO3. The predicted octanol–water partition coefficient (Wildman–Crippen LogP) is 4.63. The molecular weight excluding hydrogens is 338 g/mol. The molecule has 0 saturated carbocycles.